The summed E-state index contributed by atoms with van der Waals surface area (Å²) < 4.78 is 15.3. The molecule has 10 heteroatoms. The van der Waals surface area contributed by atoms with E-state index in [-0.39, 0.29) is 28.1 Å². The van der Waals surface area contributed by atoms with Gasteiger partial charge in [-0.15, -0.1) is 0 Å². The molecule has 1 unspecified atom stereocenters. The van der Waals surface area contributed by atoms with E-state index in [9.17, 15) is 23.6 Å². The van der Waals surface area contributed by atoms with Gasteiger partial charge < -0.3 is 20.9 Å². The molecule has 4 rings (SSSR count). The molecular weight excluding hydrogens is 439 g/mol. The number of rotatable bonds is 6. The van der Waals surface area contributed by atoms with Gasteiger partial charge in [0.25, 0.3) is 17.6 Å². The fraction of sp³-hybridized carbons (Fsp3) is 0.364. The first kappa shape index (κ1) is 22.0. The maximum atomic E-state index is 13.7. The molecule has 0 spiro atoms. The van der Waals surface area contributed by atoms with Gasteiger partial charge in [-0.25, -0.2) is 4.39 Å². The molecule has 1 aliphatic carbocycles. The molecule has 2 heterocycles. The topological polar surface area (TPSA) is 123 Å². The van der Waals surface area contributed by atoms with Crippen molar-refractivity contribution in [3.8, 4) is 0 Å². The largest absolute Gasteiger partial charge is 0.364 e. The summed E-state index contributed by atoms with van der Waals surface area (Å²) in [5.41, 5.74) is 6.14. The molecule has 1 aliphatic heterocycles. The number of fused-ring (bicyclic) bond motifs is 1. The zero-order valence-electron chi connectivity index (χ0n) is 17.6. The van der Waals surface area contributed by atoms with Crippen molar-refractivity contribution in [2.24, 2.45) is 5.73 Å². The molecule has 1 atom stereocenters. The Hall–Kier alpha value is -3.20. The fourth-order valence-electron chi connectivity index (χ4n) is 4.58. The Morgan fingerprint density at radius 3 is 2.50 bits per heavy atom. The third-order valence-corrected chi connectivity index (χ3v) is 6.59. The lowest BCUT2D eigenvalue weighted by molar-refractivity contribution is -0.127. The van der Waals surface area contributed by atoms with E-state index in [1.807, 2.05) is 0 Å². The number of primary amides is 1. The number of likely N-dealkylation sites (N-methyl/N-ethyl adjacent to an activating group) is 1. The maximum Gasteiger partial charge on any atom is 0.293 e. The maximum absolute atomic E-state index is 13.7. The minimum absolute atomic E-state index is 0.0637. The molecule has 1 fully saturated rings. The predicted molar refractivity (Wildman–Crippen MR) is 114 cm³/mol. The first-order valence-corrected chi connectivity index (χ1v) is 10.6. The van der Waals surface area contributed by atoms with Crippen LogP contribution in [0.3, 0.4) is 0 Å². The van der Waals surface area contributed by atoms with Gasteiger partial charge >= 0.3 is 0 Å². The molecule has 2 aromatic rings. The molecule has 1 saturated carbocycles. The normalized spacial score (nSPS) is 18.1. The van der Waals surface area contributed by atoms with Gasteiger partial charge in [0, 0.05) is 25.2 Å². The van der Waals surface area contributed by atoms with E-state index in [0.29, 0.717) is 42.6 Å². The predicted octanol–water partition coefficient (Wildman–Crippen LogP) is 1.80. The van der Waals surface area contributed by atoms with E-state index in [4.69, 9.17) is 17.3 Å². The molecule has 32 heavy (non-hydrogen) atoms. The highest BCUT2D eigenvalue weighted by atomic mass is 35.5. The van der Waals surface area contributed by atoms with E-state index in [1.165, 1.54) is 19.2 Å². The van der Waals surface area contributed by atoms with Crippen LogP contribution >= 0.6 is 11.6 Å². The molecule has 2 aliphatic rings. The summed E-state index contributed by atoms with van der Waals surface area (Å²) in [6, 6.07) is 4.27. The molecule has 0 bridgehead atoms. The average Bonchev–Trinajstić information content (AvgIpc) is 3.32. The number of hydrogen-bond acceptors (Lipinski definition) is 4. The number of benzene rings is 1. The minimum atomic E-state index is -1.09. The zero-order chi connectivity index (χ0) is 23.4. The van der Waals surface area contributed by atoms with Crippen molar-refractivity contribution in [1.29, 1.82) is 0 Å². The second-order valence-corrected chi connectivity index (χ2v) is 8.62. The third kappa shape index (κ3) is 3.37. The van der Waals surface area contributed by atoms with Crippen LogP contribution in [-0.4, -0.2) is 40.7 Å². The minimum Gasteiger partial charge on any atom is -0.364 e. The number of nitrogens with zero attached hydrogens (tertiary/aromatic N) is 1. The second kappa shape index (κ2) is 7.74. The van der Waals surface area contributed by atoms with Gasteiger partial charge in [0.05, 0.1) is 10.6 Å². The van der Waals surface area contributed by atoms with Crippen LogP contribution in [0.5, 0.6) is 0 Å². The lowest BCUT2D eigenvalue weighted by Gasteiger charge is -2.17. The van der Waals surface area contributed by atoms with Gasteiger partial charge in [-0.1, -0.05) is 17.7 Å². The van der Waals surface area contributed by atoms with Crippen LogP contribution in [0.1, 0.15) is 62.8 Å². The monoisotopic (exact) mass is 460 g/mol. The number of ketones is 1. The van der Waals surface area contributed by atoms with Gasteiger partial charge in [-0.3, -0.25) is 19.2 Å². The lowest BCUT2D eigenvalue weighted by Crippen LogP contribution is -2.50. The Morgan fingerprint density at radius 1 is 1.25 bits per heavy atom. The van der Waals surface area contributed by atoms with Crippen molar-refractivity contribution in [2.75, 3.05) is 7.05 Å². The van der Waals surface area contributed by atoms with E-state index in [2.05, 4.69) is 10.6 Å². The number of Topliss-reactive ketones (excluding diaryl/α,β-unsaturated/α-hetero) is 1. The quantitative estimate of drug-likeness (QED) is 0.449. The SMILES string of the molecule is CNC(=O)C1(NC(=O)C(=O)c2c(C)c(C(N)=O)n3c2C(c2ccc(F)c(Cl)c2)CC3)CC1. The summed E-state index contributed by atoms with van der Waals surface area (Å²) in [5.74, 6) is -3.83. The number of nitrogens with two attached hydrogens (primary N) is 1. The number of hydrogen-bond donors (Lipinski definition) is 3. The fourth-order valence-corrected chi connectivity index (χ4v) is 4.77. The Kier molecular flexibility index (Phi) is 5.32. The Morgan fingerprint density at radius 2 is 1.94 bits per heavy atom. The number of halogens is 2. The molecule has 1 aromatic carbocycles. The zero-order valence-corrected chi connectivity index (χ0v) is 18.3. The molecule has 0 radical (unpaired) electrons. The number of nitrogens with one attached hydrogen (secondary N) is 2. The molecule has 1 aromatic heterocycles. The van der Waals surface area contributed by atoms with Crippen molar-refractivity contribution < 1.29 is 23.6 Å². The first-order chi connectivity index (χ1) is 15.1. The van der Waals surface area contributed by atoms with Crippen molar-refractivity contribution in [1.82, 2.24) is 15.2 Å². The Labute approximate surface area is 188 Å². The van der Waals surface area contributed by atoms with Crippen molar-refractivity contribution in [2.45, 2.75) is 44.2 Å². The summed E-state index contributed by atoms with van der Waals surface area (Å²) in [4.78, 5) is 50.4. The number of carbonyl (C=O) groups is 4. The average molecular weight is 461 g/mol. The van der Waals surface area contributed by atoms with Crippen LogP contribution in [0.2, 0.25) is 5.02 Å². The van der Waals surface area contributed by atoms with Crippen LogP contribution in [0.4, 0.5) is 4.39 Å². The van der Waals surface area contributed by atoms with Crippen molar-refractivity contribution >= 4 is 35.1 Å². The Bertz CT molecular complexity index is 1190. The standard InChI is InChI=1S/C22H22ClFN4O4/c1-10-15(18(29)20(31)27-22(6-7-22)21(32)26-2)17-12(5-8-28(17)16(10)19(25)30)11-3-4-14(24)13(23)9-11/h3-4,9,12H,5-8H2,1-2H3,(H2,25,30)(H,26,32)(H,27,31). The smallest absolute Gasteiger partial charge is 0.293 e. The molecule has 3 amide bonds. The van der Waals surface area contributed by atoms with Gasteiger partial charge in [-0.05, 0) is 49.4 Å². The molecule has 0 saturated heterocycles. The van der Waals surface area contributed by atoms with Crippen LogP contribution in [0, 0.1) is 12.7 Å². The number of aromatic nitrogens is 1. The van der Waals surface area contributed by atoms with Gasteiger partial charge in [0.1, 0.15) is 17.1 Å². The van der Waals surface area contributed by atoms with Crippen LogP contribution < -0.4 is 16.4 Å². The number of amides is 3. The number of carbonyl (C=O) groups excluding carboxylic acids is 4. The third-order valence-electron chi connectivity index (χ3n) is 6.30. The first-order valence-electron chi connectivity index (χ1n) is 10.2. The Balaban J connectivity index is 1.77. The molecule has 4 N–H and O–H groups in total. The highest BCUT2D eigenvalue weighted by Gasteiger charge is 2.52. The highest BCUT2D eigenvalue weighted by molar-refractivity contribution is 6.44. The van der Waals surface area contributed by atoms with Crippen molar-refractivity contribution in [3.05, 3.63) is 57.1 Å². The van der Waals surface area contributed by atoms with Gasteiger partial charge in [0.2, 0.25) is 5.91 Å². The molecule has 8 nitrogen and oxygen atoms in total. The van der Waals surface area contributed by atoms with Gasteiger partial charge in [0.15, 0.2) is 0 Å². The van der Waals surface area contributed by atoms with Crippen LogP contribution in [0.15, 0.2) is 18.2 Å². The van der Waals surface area contributed by atoms with E-state index in [1.54, 1.807) is 17.6 Å². The second-order valence-electron chi connectivity index (χ2n) is 8.21. The molecular formula is C22H22ClFN4O4. The molecule has 168 valence electrons. The summed E-state index contributed by atoms with van der Waals surface area (Å²) in [6.07, 6.45) is 1.38. The summed E-state index contributed by atoms with van der Waals surface area (Å²) in [5, 5.41) is 4.97. The van der Waals surface area contributed by atoms with E-state index >= 15 is 0 Å². The summed E-state index contributed by atoms with van der Waals surface area (Å²) in [7, 11) is 1.46. The van der Waals surface area contributed by atoms with Crippen LogP contribution in [0.25, 0.3) is 0 Å². The summed E-state index contributed by atoms with van der Waals surface area (Å²) >= 11 is 5.96. The summed E-state index contributed by atoms with van der Waals surface area (Å²) in [6.45, 7) is 1.96. The lowest BCUT2D eigenvalue weighted by atomic mass is 9.90. The van der Waals surface area contributed by atoms with Crippen LogP contribution in [-0.2, 0) is 16.1 Å². The van der Waals surface area contributed by atoms with E-state index in [0.717, 1.165) is 0 Å². The van der Waals surface area contributed by atoms with E-state index < -0.39 is 29.0 Å². The van der Waals surface area contributed by atoms with Gasteiger partial charge in [-0.2, -0.15) is 0 Å². The van der Waals surface area contributed by atoms with Crippen molar-refractivity contribution in [3.63, 3.8) is 0 Å². The highest BCUT2D eigenvalue weighted by Crippen LogP contribution is 2.42.